The van der Waals surface area contributed by atoms with E-state index in [1.54, 1.807) is 24.3 Å². The van der Waals surface area contributed by atoms with Gasteiger partial charge in [-0.05, 0) is 41.8 Å². The van der Waals surface area contributed by atoms with Crippen LogP contribution in [0.1, 0.15) is 24.5 Å². The smallest absolute Gasteiger partial charge is 0.261 e. The van der Waals surface area contributed by atoms with E-state index in [4.69, 9.17) is 0 Å². The Morgan fingerprint density at radius 1 is 0.952 bits per heavy atom. The first-order valence-electron chi connectivity index (χ1n) is 6.82. The third-order valence-electron chi connectivity index (χ3n) is 3.13. The van der Waals surface area contributed by atoms with Crippen molar-refractivity contribution in [3.8, 4) is 0 Å². The largest absolute Gasteiger partial charge is 0.280 e. The maximum atomic E-state index is 12.3. The third-order valence-corrected chi connectivity index (χ3v) is 5.18. The van der Waals surface area contributed by atoms with E-state index in [1.165, 1.54) is 0 Å². The monoisotopic (exact) mass is 367 g/mol. The van der Waals surface area contributed by atoms with Gasteiger partial charge in [0.2, 0.25) is 0 Å². The standard InChI is InChI=1S/C16H18BrNO2S/c1-2-3-13-6-10-16(11-7-13)21(19,20)18-15-8-4-14(12-17)5-9-15/h4-11,18H,2-3,12H2,1H3. The second-order valence-corrected chi connectivity index (χ2v) is 7.07. The number of aryl methyl sites for hydroxylation is 1. The van der Waals surface area contributed by atoms with Crippen molar-refractivity contribution in [3.05, 3.63) is 59.7 Å². The Morgan fingerprint density at radius 3 is 2.05 bits per heavy atom. The van der Waals surface area contributed by atoms with Crippen molar-refractivity contribution < 1.29 is 8.42 Å². The fraction of sp³-hybridized carbons (Fsp3) is 0.250. The lowest BCUT2D eigenvalue weighted by Gasteiger charge is -2.09. The second-order valence-electron chi connectivity index (χ2n) is 4.83. The maximum absolute atomic E-state index is 12.3. The third kappa shape index (κ3) is 4.32. The Kier molecular flexibility index (Phi) is 5.42. The summed E-state index contributed by atoms with van der Waals surface area (Å²) in [7, 11) is -3.53. The first-order valence-corrected chi connectivity index (χ1v) is 9.42. The van der Waals surface area contributed by atoms with Crippen molar-refractivity contribution in [1.82, 2.24) is 0 Å². The van der Waals surface area contributed by atoms with Gasteiger partial charge in [0.1, 0.15) is 0 Å². The van der Waals surface area contributed by atoms with Crippen molar-refractivity contribution >= 4 is 31.6 Å². The zero-order chi connectivity index (χ0) is 15.3. The molecule has 0 radical (unpaired) electrons. The van der Waals surface area contributed by atoms with Crippen LogP contribution in [0.25, 0.3) is 0 Å². The van der Waals surface area contributed by atoms with E-state index >= 15 is 0 Å². The van der Waals surface area contributed by atoms with Crippen LogP contribution in [-0.2, 0) is 21.8 Å². The summed E-state index contributed by atoms with van der Waals surface area (Å²) in [6, 6.07) is 14.3. The van der Waals surface area contributed by atoms with E-state index in [0.717, 1.165) is 29.3 Å². The molecule has 21 heavy (non-hydrogen) atoms. The van der Waals surface area contributed by atoms with E-state index in [-0.39, 0.29) is 4.90 Å². The van der Waals surface area contributed by atoms with Crippen LogP contribution < -0.4 is 4.72 Å². The lowest BCUT2D eigenvalue weighted by molar-refractivity contribution is 0.601. The molecule has 3 nitrogen and oxygen atoms in total. The lowest BCUT2D eigenvalue weighted by atomic mass is 10.1. The van der Waals surface area contributed by atoms with Crippen molar-refractivity contribution in [2.45, 2.75) is 30.0 Å². The van der Waals surface area contributed by atoms with Crippen LogP contribution in [0.2, 0.25) is 0 Å². The molecule has 2 aromatic rings. The molecule has 2 rings (SSSR count). The average molecular weight is 368 g/mol. The summed E-state index contributed by atoms with van der Waals surface area (Å²) >= 11 is 3.36. The molecule has 0 atom stereocenters. The number of nitrogens with one attached hydrogen (secondary N) is 1. The summed E-state index contributed by atoms with van der Waals surface area (Å²) in [5.74, 6) is 0. The summed E-state index contributed by atoms with van der Waals surface area (Å²) in [5, 5.41) is 0.749. The molecule has 0 spiro atoms. The van der Waals surface area contributed by atoms with E-state index < -0.39 is 10.0 Å². The van der Waals surface area contributed by atoms with Crippen LogP contribution in [0.5, 0.6) is 0 Å². The molecular formula is C16H18BrNO2S. The van der Waals surface area contributed by atoms with Gasteiger partial charge in [-0.15, -0.1) is 0 Å². The lowest BCUT2D eigenvalue weighted by Crippen LogP contribution is -2.12. The molecular weight excluding hydrogens is 350 g/mol. The second kappa shape index (κ2) is 7.09. The van der Waals surface area contributed by atoms with Gasteiger partial charge in [0.05, 0.1) is 4.90 Å². The first-order chi connectivity index (χ1) is 10.0. The molecule has 0 amide bonds. The van der Waals surface area contributed by atoms with E-state index in [2.05, 4.69) is 27.6 Å². The van der Waals surface area contributed by atoms with Crippen LogP contribution >= 0.6 is 15.9 Å². The topological polar surface area (TPSA) is 46.2 Å². The summed E-state index contributed by atoms with van der Waals surface area (Å²) in [6.07, 6.45) is 2.01. The van der Waals surface area contributed by atoms with Gasteiger partial charge in [-0.25, -0.2) is 8.42 Å². The summed E-state index contributed by atoms with van der Waals surface area (Å²) in [4.78, 5) is 0.284. The molecule has 0 aromatic heterocycles. The molecule has 0 fully saturated rings. The Labute approximate surface area is 134 Å². The average Bonchev–Trinajstić information content (AvgIpc) is 2.48. The van der Waals surface area contributed by atoms with Gasteiger partial charge in [-0.2, -0.15) is 0 Å². The Balaban J connectivity index is 2.16. The van der Waals surface area contributed by atoms with Crippen molar-refractivity contribution in [3.63, 3.8) is 0 Å². The Bertz CT molecular complexity index is 679. The molecule has 0 aliphatic rings. The fourth-order valence-corrected chi connectivity index (χ4v) is 3.43. The minimum absolute atomic E-state index is 0.284. The highest BCUT2D eigenvalue weighted by Crippen LogP contribution is 2.18. The van der Waals surface area contributed by atoms with Crippen LogP contribution in [0, 0.1) is 0 Å². The minimum Gasteiger partial charge on any atom is -0.280 e. The molecule has 5 heteroatoms. The quantitative estimate of drug-likeness (QED) is 0.772. The molecule has 0 unspecified atom stereocenters. The molecule has 0 aliphatic carbocycles. The maximum Gasteiger partial charge on any atom is 0.261 e. The molecule has 112 valence electrons. The predicted molar refractivity (Wildman–Crippen MR) is 90.3 cm³/mol. The fourth-order valence-electron chi connectivity index (χ4n) is 2.00. The Morgan fingerprint density at radius 2 is 1.52 bits per heavy atom. The Hall–Kier alpha value is -1.33. The number of anilines is 1. The van der Waals surface area contributed by atoms with Gasteiger partial charge in [0, 0.05) is 11.0 Å². The van der Waals surface area contributed by atoms with Crippen LogP contribution in [-0.4, -0.2) is 8.42 Å². The van der Waals surface area contributed by atoms with E-state index in [9.17, 15) is 8.42 Å². The number of halogens is 1. The summed E-state index contributed by atoms with van der Waals surface area (Å²) in [5.41, 5.74) is 2.82. The highest BCUT2D eigenvalue weighted by atomic mass is 79.9. The van der Waals surface area contributed by atoms with Crippen LogP contribution in [0.4, 0.5) is 5.69 Å². The molecule has 1 N–H and O–H groups in total. The number of benzene rings is 2. The van der Waals surface area contributed by atoms with Crippen LogP contribution in [0.3, 0.4) is 0 Å². The highest BCUT2D eigenvalue weighted by Gasteiger charge is 2.13. The number of rotatable bonds is 6. The molecule has 0 saturated carbocycles. The number of alkyl halides is 1. The predicted octanol–water partition coefficient (Wildman–Crippen LogP) is 4.33. The number of sulfonamides is 1. The van der Waals surface area contributed by atoms with Gasteiger partial charge in [-0.3, -0.25) is 4.72 Å². The van der Waals surface area contributed by atoms with E-state index in [0.29, 0.717) is 5.69 Å². The molecule has 0 heterocycles. The number of hydrogen-bond acceptors (Lipinski definition) is 2. The highest BCUT2D eigenvalue weighted by molar-refractivity contribution is 9.08. The molecule has 0 aliphatic heterocycles. The van der Waals surface area contributed by atoms with E-state index in [1.807, 2.05) is 24.3 Å². The SMILES string of the molecule is CCCc1ccc(S(=O)(=O)Nc2ccc(CBr)cc2)cc1. The van der Waals surface area contributed by atoms with Crippen LogP contribution in [0.15, 0.2) is 53.4 Å². The zero-order valence-electron chi connectivity index (χ0n) is 11.8. The summed E-state index contributed by atoms with van der Waals surface area (Å²) < 4.78 is 27.2. The zero-order valence-corrected chi connectivity index (χ0v) is 14.2. The number of hydrogen-bond donors (Lipinski definition) is 1. The normalized spacial score (nSPS) is 11.3. The minimum atomic E-state index is -3.53. The molecule has 0 bridgehead atoms. The van der Waals surface area contributed by atoms with Gasteiger partial charge >= 0.3 is 0 Å². The van der Waals surface area contributed by atoms with Gasteiger partial charge in [0.25, 0.3) is 10.0 Å². The van der Waals surface area contributed by atoms with Crippen molar-refractivity contribution in [2.24, 2.45) is 0 Å². The van der Waals surface area contributed by atoms with Gasteiger partial charge in [0.15, 0.2) is 0 Å². The summed E-state index contributed by atoms with van der Waals surface area (Å²) in [6.45, 7) is 2.10. The van der Waals surface area contributed by atoms with Gasteiger partial charge < -0.3 is 0 Å². The van der Waals surface area contributed by atoms with Gasteiger partial charge in [-0.1, -0.05) is 53.5 Å². The molecule has 0 saturated heterocycles. The van der Waals surface area contributed by atoms with Crippen molar-refractivity contribution in [2.75, 3.05) is 4.72 Å². The van der Waals surface area contributed by atoms with Crippen molar-refractivity contribution in [1.29, 1.82) is 0 Å². The first kappa shape index (κ1) is 16.0. The molecule has 2 aromatic carbocycles.